The third-order valence-corrected chi connectivity index (χ3v) is 5.96. The Bertz CT molecular complexity index is 1000. The molecule has 0 aliphatic carbocycles. The third-order valence-electron chi connectivity index (χ3n) is 3.47. The summed E-state index contributed by atoms with van der Waals surface area (Å²) < 4.78 is 24.3. The van der Waals surface area contributed by atoms with Crippen molar-refractivity contribution in [2.24, 2.45) is 0 Å². The maximum absolute atomic E-state index is 12.2. The van der Waals surface area contributed by atoms with Crippen LogP contribution in [0.5, 0.6) is 0 Å². The second kappa shape index (κ2) is 7.99. The molecule has 134 valence electrons. The van der Waals surface area contributed by atoms with E-state index in [1.807, 2.05) is 18.2 Å². The minimum atomic E-state index is -3.55. The van der Waals surface area contributed by atoms with Crippen LogP contribution in [0.3, 0.4) is 0 Å². The molecule has 3 rings (SSSR count). The fourth-order valence-corrected chi connectivity index (χ4v) is 4.45. The zero-order valence-corrected chi connectivity index (χ0v) is 15.9. The Morgan fingerprint density at radius 2 is 1.77 bits per heavy atom. The normalized spacial score (nSPS) is 11.3. The smallest absolute Gasteiger partial charge is 0.241 e. The molecule has 1 amide bonds. The molecule has 5 nitrogen and oxygen atoms in total. The van der Waals surface area contributed by atoms with Crippen molar-refractivity contribution in [1.29, 1.82) is 0 Å². The van der Waals surface area contributed by atoms with Gasteiger partial charge in [0, 0.05) is 16.0 Å². The number of thiazole rings is 1. The fourth-order valence-electron chi connectivity index (χ4n) is 2.32. The van der Waals surface area contributed by atoms with Crippen LogP contribution in [0, 0.1) is 0 Å². The van der Waals surface area contributed by atoms with Crippen molar-refractivity contribution in [3.8, 4) is 11.3 Å². The lowest BCUT2D eigenvalue weighted by Gasteiger charge is -2.04. The van der Waals surface area contributed by atoms with E-state index in [0.717, 1.165) is 5.56 Å². The van der Waals surface area contributed by atoms with E-state index in [1.54, 1.807) is 41.8 Å². The predicted octanol–water partition coefficient (Wildman–Crippen LogP) is 4.02. The highest BCUT2D eigenvalue weighted by molar-refractivity contribution is 7.91. The molecule has 1 N–H and O–H groups in total. The number of benzene rings is 2. The Labute approximate surface area is 160 Å². The maximum Gasteiger partial charge on any atom is 0.241 e. The molecule has 0 bridgehead atoms. The maximum atomic E-state index is 12.2. The van der Waals surface area contributed by atoms with Crippen LogP contribution in [-0.2, 0) is 20.4 Å². The molecule has 0 fully saturated rings. The van der Waals surface area contributed by atoms with Gasteiger partial charge in [-0.1, -0.05) is 54.1 Å². The second-order valence-corrected chi connectivity index (χ2v) is 8.97. The highest BCUT2D eigenvalue weighted by Crippen LogP contribution is 2.26. The van der Waals surface area contributed by atoms with Gasteiger partial charge in [0.05, 0.1) is 11.4 Å². The molecule has 0 spiro atoms. The molecule has 2 aromatic carbocycles. The van der Waals surface area contributed by atoms with Crippen LogP contribution in [0.15, 0.2) is 60.0 Å². The standard InChI is InChI=1S/C18H15ClN2O3S2/c19-15-8-6-14(7-9-15)16-10-25-18(20-16)21-17(22)12-26(23,24)11-13-4-2-1-3-5-13/h1-10H,11-12H2,(H,20,21,22). The van der Waals surface area contributed by atoms with E-state index in [0.29, 0.717) is 21.4 Å². The van der Waals surface area contributed by atoms with Gasteiger partial charge in [-0.2, -0.15) is 0 Å². The SMILES string of the molecule is O=C(CS(=O)(=O)Cc1ccccc1)Nc1nc(-c2ccc(Cl)cc2)cs1. The van der Waals surface area contributed by atoms with Crippen LogP contribution in [0.2, 0.25) is 5.02 Å². The number of carbonyl (C=O) groups excluding carboxylic acids is 1. The minimum Gasteiger partial charge on any atom is -0.301 e. The first kappa shape index (κ1) is 18.6. The molecule has 0 saturated carbocycles. The summed E-state index contributed by atoms with van der Waals surface area (Å²) in [5.41, 5.74) is 2.21. The largest absolute Gasteiger partial charge is 0.301 e. The number of anilines is 1. The molecule has 0 atom stereocenters. The van der Waals surface area contributed by atoms with Crippen LogP contribution in [0.4, 0.5) is 5.13 Å². The van der Waals surface area contributed by atoms with Gasteiger partial charge in [0.15, 0.2) is 15.0 Å². The summed E-state index contributed by atoms with van der Waals surface area (Å²) in [4.78, 5) is 16.4. The van der Waals surface area contributed by atoms with Gasteiger partial charge in [-0.25, -0.2) is 13.4 Å². The second-order valence-electron chi connectivity index (χ2n) is 5.61. The number of hydrogen-bond acceptors (Lipinski definition) is 5. The first-order valence-electron chi connectivity index (χ1n) is 7.67. The Hall–Kier alpha value is -2.22. The first-order valence-corrected chi connectivity index (χ1v) is 10.7. The molecule has 1 heterocycles. The topological polar surface area (TPSA) is 76.1 Å². The van der Waals surface area contributed by atoms with Gasteiger partial charge < -0.3 is 5.32 Å². The van der Waals surface area contributed by atoms with Crippen LogP contribution in [-0.4, -0.2) is 25.1 Å². The van der Waals surface area contributed by atoms with Gasteiger partial charge in [-0.15, -0.1) is 11.3 Å². The highest BCUT2D eigenvalue weighted by Gasteiger charge is 2.18. The van der Waals surface area contributed by atoms with E-state index >= 15 is 0 Å². The van der Waals surface area contributed by atoms with Crippen molar-refractivity contribution in [3.05, 3.63) is 70.6 Å². The Balaban J connectivity index is 1.62. The monoisotopic (exact) mass is 406 g/mol. The van der Waals surface area contributed by atoms with Crippen molar-refractivity contribution in [1.82, 2.24) is 4.98 Å². The Morgan fingerprint density at radius 1 is 1.08 bits per heavy atom. The van der Waals surface area contributed by atoms with Gasteiger partial charge in [0.1, 0.15) is 5.75 Å². The summed E-state index contributed by atoms with van der Waals surface area (Å²) in [7, 11) is -3.55. The zero-order chi connectivity index (χ0) is 18.6. The van der Waals surface area contributed by atoms with E-state index in [-0.39, 0.29) is 5.75 Å². The molecule has 0 aliphatic heterocycles. The number of sulfone groups is 1. The number of hydrogen-bond donors (Lipinski definition) is 1. The van der Waals surface area contributed by atoms with Crippen molar-refractivity contribution >= 4 is 43.8 Å². The van der Waals surface area contributed by atoms with Crippen LogP contribution in [0.1, 0.15) is 5.56 Å². The lowest BCUT2D eigenvalue weighted by atomic mass is 10.2. The summed E-state index contributed by atoms with van der Waals surface area (Å²) in [5.74, 6) is -1.36. The van der Waals surface area contributed by atoms with Gasteiger partial charge in [0.25, 0.3) is 0 Å². The molecule has 0 radical (unpaired) electrons. The number of nitrogens with zero attached hydrogens (tertiary/aromatic N) is 1. The number of aromatic nitrogens is 1. The lowest BCUT2D eigenvalue weighted by molar-refractivity contribution is -0.113. The molecule has 26 heavy (non-hydrogen) atoms. The molecule has 8 heteroatoms. The van der Waals surface area contributed by atoms with E-state index in [4.69, 9.17) is 11.6 Å². The number of rotatable bonds is 6. The number of nitrogens with one attached hydrogen (secondary N) is 1. The molecule has 0 saturated heterocycles. The average molecular weight is 407 g/mol. The highest BCUT2D eigenvalue weighted by atomic mass is 35.5. The molecule has 0 aliphatic rings. The van der Waals surface area contributed by atoms with Crippen LogP contribution >= 0.6 is 22.9 Å². The first-order chi connectivity index (χ1) is 12.4. The van der Waals surface area contributed by atoms with Gasteiger partial charge in [0.2, 0.25) is 5.91 Å². The summed E-state index contributed by atoms with van der Waals surface area (Å²) in [5, 5.41) is 5.32. The van der Waals surface area contributed by atoms with Gasteiger partial charge in [-0.05, 0) is 17.7 Å². The van der Waals surface area contributed by atoms with Gasteiger partial charge >= 0.3 is 0 Å². The lowest BCUT2D eigenvalue weighted by Crippen LogP contribution is -2.23. The third kappa shape index (κ3) is 5.14. The predicted molar refractivity (Wildman–Crippen MR) is 105 cm³/mol. The van der Waals surface area contributed by atoms with E-state index in [2.05, 4.69) is 10.3 Å². The molecular weight excluding hydrogens is 392 g/mol. The fraction of sp³-hybridized carbons (Fsp3) is 0.111. The van der Waals surface area contributed by atoms with Crippen LogP contribution < -0.4 is 5.32 Å². The van der Waals surface area contributed by atoms with E-state index < -0.39 is 21.5 Å². The summed E-state index contributed by atoms with van der Waals surface area (Å²) >= 11 is 7.10. The summed E-state index contributed by atoms with van der Waals surface area (Å²) in [6, 6.07) is 15.9. The van der Waals surface area contributed by atoms with Crippen molar-refractivity contribution in [2.45, 2.75) is 5.75 Å². The Morgan fingerprint density at radius 3 is 2.46 bits per heavy atom. The molecule has 3 aromatic rings. The van der Waals surface area contributed by atoms with E-state index in [1.165, 1.54) is 11.3 Å². The quantitative estimate of drug-likeness (QED) is 0.670. The van der Waals surface area contributed by atoms with Gasteiger partial charge in [-0.3, -0.25) is 4.79 Å². The van der Waals surface area contributed by atoms with E-state index in [9.17, 15) is 13.2 Å². The molecular formula is C18H15ClN2O3S2. The average Bonchev–Trinajstić information content (AvgIpc) is 3.03. The van der Waals surface area contributed by atoms with Crippen molar-refractivity contribution in [3.63, 3.8) is 0 Å². The van der Waals surface area contributed by atoms with Crippen molar-refractivity contribution < 1.29 is 13.2 Å². The van der Waals surface area contributed by atoms with Crippen LogP contribution in [0.25, 0.3) is 11.3 Å². The van der Waals surface area contributed by atoms with Crippen molar-refractivity contribution in [2.75, 3.05) is 11.1 Å². The zero-order valence-electron chi connectivity index (χ0n) is 13.6. The number of halogens is 1. The number of carbonyl (C=O) groups is 1. The molecule has 0 unspecified atom stereocenters. The molecule has 1 aromatic heterocycles. The Kier molecular flexibility index (Phi) is 5.70. The minimum absolute atomic E-state index is 0.171. The summed E-state index contributed by atoms with van der Waals surface area (Å²) in [6.07, 6.45) is 0. The summed E-state index contributed by atoms with van der Waals surface area (Å²) in [6.45, 7) is 0. The number of amides is 1.